The molecule has 0 aliphatic rings. The summed E-state index contributed by atoms with van der Waals surface area (Å²) in [5.74, 6) is 1.10. The van der Waals surface area contributed by atoms with Gasteiger partial charge in [0.25, 0.3) is 0 Å². The zero-order valence-electron chi connectivity index (χ0n) is 15.7. The normalized spacial score (nSPS) is 8.83. The summed E-state index contributed by atoms with van der Waals surface area (Å²) in [5.41, 5.74) is 3.59. The van der Waals surface area contributed by atoms with E-state index in [0.29, 0.717) is 0 Å². The van der Waals surface area contributed by atoms with Crippen molar-refractivity contribution in [2.75, 3.05) is 0 Å². The molecule has 0 bridgehead atoms. The predicted octanol–water partition coefficient (Wildman–Crippen LogP) is 5.81. The average molecular weight is 313 g/mol. The number of imidazole rings is 1. The van der Waals surface area contributed by atoms with Crippen molar-refractivity contribution in [1.29, 1.82) is 0 Å². The Morgan fingerprint density at radius 3 is 1.91 bits per heavy atom. The molecule has 0 saturated carbocycles. The molecule has 2 heterocycles. The fourth-order valence-corrected chi connectivity index (χ4v) is 2.02. The van der Waals surface area contributed by atoms with Crippen molar-refractivity contribution in [3.05, 3.63) is 60.2 Å². The minimum Gasteiger partial charge on any atom is -0.329 e. The molecular weight excluding hydrogens is 282 g/mol. The van der Waals surface area contributed by atoms with Gasteiger partial charge >= 0.3 is 0 Å². The van der Waals surface area contributed by atoms with Crippen LogP contribution >= 0.6 is 0 Å². The Morgan fingerprint density at radius 2 is 1.43 bits per heavy atom. The second-order valence-corrected chi connectivity index (χ2v) is 4.42. The topological polar surface area (TPSA) is 30.7 Å². The molecule has 2 aromatic heterocycles. The summed E-state index contributed by atoms with van der Waals surface area (Å²) in [6.07, 6.45) is 3.57. The molecule has 3 aromatic rings. The summed E-state index contributed by atoms with van der Waals surface area (Å²) in [6, 6.07) is 12.2. The first kappa shape index (κ1) is 20.8. The van der Waals surface area contributed by atoms with Crippen molar-refractivity contribution in [3.8, 4) is 0 Å². The maximum absolute atomic E-state index is 4.45. The van der Waals surface area contributed by atoms with Gasteiger partial charge in [-0.1, -0.05) is 39.8 Å². The van der Waals surface area contributed by atoms with Crippen molar-refractivity contribution in [1.82, 2.24) is 14.5 Å². The third-order valence-electron chi connectivity index (χ3n) is 3.01. The highest BCUT2D eigenvalue weighted by molar-refractivity contribution is 5.75. The van der Waals surface area contributed by atoms with E-state index in [4.69, 9.17) is 0 Å². The van der Waals surface area contributed by atoms with E-state index in [1.54, 1.807) is 12.4 Å². The molecule has 0 fully saturated rings. The Labute approximate surface area is 141 Å². The van der Waals surface area contributed by atoms with Crippen LogP contribution in [0, 0.1) is 13.8 Å². The zero-order chi connectivity index (χ0) is 17.7. The summed E-state index contributed by atoms with van der Waals surface area (Å²) in [4.78, 5) is 8.29. The first-order valence-electron chi connectivity index (χ1n) is 8.51. The van der Waals surface area contributed by atoms with Gasteiger partial charge in [0.1, 0.15) is 5.82 Å². The standard InChI is InChI=1S/C10H12N2.C6H7N.2C2H6/c1-3-12-8(2)11-9-6-4-5-7-10(9)12;1-6-2-4-7-5-3-6;2*1-2/h4-7H,3H2,1-2H3;2-5H,1H3;2*1-2H3. The summed E-state index contributed by atoms with van der Waals surface area (Å²) >= 11 is 0. The number of benzene rings is 1. The number of fused-ring (bicyclic) bond motifs is 1. The molecule has 0 aliphatic heterocycles. The number of nitrogens with zero attached hydrogens (tertiary/aromatic N) is 3. The van der Waals surface area contributed by atoms with E-state index >= 15 is 0 Å². The lowest BCUT2D eigenvalue weighted by atomic mass is 10.3. The minimum atomic E-state index is 0.992. The van der Waals surface area contributed by atoms with Gasteiger partial charge in [-0.15, -0.1) is 0 Å². The smallest absolute Gasteiger partial charge is 0.106 e. The molecule has 1 aromatic carbocycles. The Balaban J connectivity index is 0.000000377. The molecule has 0 saturated heterocycles. The van der Waals surface area contributed by atoms with Gasteiger partial charge in [-0.3, -0.25) is 4.98 Å². The number of aromatic nitrogens is 3. The first-order chi connectivity index (χ1) is 11.2. The molecule has 23 heavy (non-hydrogen) atoms. The van der Waals surface area contributed by atoms with Crippen molar-refractivity contribution < 1.29 is 0 Å². The maximum atomic E-state index is 4.45. The Hall–Kier alpha value is -2.16. The lowest BCUT2D eigenvalue weighted by molar-refractivity contribution is 0.753. The van der Waals surface area contributed by atoms with E-state index in [-0.39, 0.29) is 0 Å². The molecule has 126 valence electrons. The predicted molar refractivity (Wildman–Crippen MR) is 102 cm³/mol. The average Bonchev–Trinajstić information content (AvgIpc) is 2.94. The van der Waals surface area contributed by atoms with Crippen LogP contribution in [0.15, 0.2) is 48.8 Å². The number of hydrogen-bond acceptors (Lipinski definition) is 2. The highest BCUT2D eigenvalue weighted by atomic mass is 15.1. The highest BCUT2D eigenvalue weighted by Gasteiger charge is 2.02. The summed E-state index contributed by atoms with van der Waals surface area (Å²) in [7, 11) is 0. The van der Waals surface area contributed by atoms with E-state index in [9.17, 15) is 0 Å². The van der Waals surface area contributed by atoms with Crippen LogP contribution in [-0.2, 0) is 6.54 Å². The van der Waals surface area contributed by atoms with Gasteiger partial charge in [-0.2, -0.15) is 0 Å². The fraction of sp³-hybridized carbons (Fsp3) is 0.400. The molecule has 0 amide bonds. The lowest BCUT2D eigenvalue weighted by Crippen LogP contribution is -1.95. The van der Waals surface area contributed by atoms with E-state index in [2.05, 4.69) is 39.7 Å². The van der Waals surface area contributed by atoms with Crippen LogP contribution in [0.5, 0.6) is 0 Å². The lowest BCUT2D eigenvalue weighted by Gasteiger charge is -2.00. The van der Waals surface area contributed by atoms with Crippen molar-refractivity contribution in [2.45, 2.75) is 55.0 Å². The Kier molecular flexibility index (Phi) is 11.2. The summed E-state index contributed by atoms with van der Waals surface area (Å²) in [5, 5.41) is 0. The van der Waals surface area contributed by atoms with Gasteiger partial charge in [0, 0.05) is 18.9 Å². The van der Waals surface area contributed by atoms with E-state index in [1.807, 2.05) is 59.7 Å². The summed E-state index contributed by atoms with van der Waals surface area (Å²) in [6.45, 7) is 15.2. The van der Waals surface area contributed by atoms with Crippen LogP contribution in [-0.4, -0.2) is 14.5 Å². The second kappa shape index (κ2) is 12.4. The highest BCUT2D eigenvalue weighted by Crippen LogP contribution is 2.14. The van der Waals surface area contributed by atoms with Gasteiger partial charge in [-0.05, 0) is 50.6 Å². The Morgan fingerprint density at radius 1 is 0.870 bits per heavy atom. The molecule has 0 radical (unpaired) electrons. The monoisotopic (exact) mass is 313 g/mol. The molecule has 0 aliphatic carbocycles. The molecule has 3 nitrogen and oxygen atoms in total. The van der Waals surface area contributed by atoms with Crippen molar-refractivity contribution >= 4 is 11.0 Å². The van der Waals surface area contributed by atoms with Gasteiger partial charge in [0.2, 0.25) is 0 Å². The third-order valence-corrected chi connectivity index (χ3v) is 3.01. The minimum absolute atomic E-state index is 0.992. The van der Waals surface area contributed by atoms with Crippen LogP contribution in [0.1, 0.15) is 46.0 Å². The van der Waals surface area contributed by atoms with Gasteiger partial charge in [0.15, 0.2) is 0 Å². The molecule has 3 rings (SSSR count). The van der Waals surface area contributed by atoms with E-state index in [0.717, 1.165) is 17.9 Å². The molecule has 0 N–H and O–H groups in total. The number of rotatable bonds is 1. The second-order valence-electron chi connectivity index (χ2n) is 4.42. The Bertz CT molecular complexity index is 642. The van der Waals surface area contributed by atoms with Crippen molar-refractivity contribution in [2.24, 2.45) is 0 Å². The zero-order valence-corrected chi connectivity index (χ0v) is 15.7. The van der Waals surface area contributed by atoms with Crippen LogP contribution in [0.3, 0.4) is 0 Å². The summed E-state index contributed by atoms with van der Waals surface area (Å²) < 4.78 is 2.22. The fourth-order valence-electron chi connectivity index (χ4n) is 2.02. The molecule has 3 heteroatoms. The first-order valence-corrected chi connectivity index (χ1v) is 8.51. The van der Waals surface area contributed by atoms with Crippen molar-refractivity contribution in [3.63, 3.8) is 0 Å². The molecule has 0 spiro atoms. The number of para-hydroxylation sites is 2. The van der Waals surface area contributed by atoms with Crippen LogP contribution in [0.4, 0.5) is 0 Å². The SMILES string of the molecule is CC.CC.CCn1c(C)nc2ccccc21.Cc1ccncc1. The van der Waals surface area contributed by atoms with E-state index in [1.165, 1.54) is 11.1 Å². The molecule has 0 unspecified atom stereocenters. The van der Waals surface area contributed by atoms with Crippen LogP contribution in [0.25, 0.3) is 11.0 Å². The molecule has 0 atom stereocenters. The number of aryl methyl sites for hydroxylation is 3. The quantitative estimate of drug-likeness (QED) is 0.568. The maximum Gasteiger partial charge on any atom is 0.106 e. The van der Waals surface area contributed by atoms with Gasteiger partial charge < -0.3 is 4.57 Å². The number of hydrogen-bond donors (Lipinski definition) is 0. The van der Waals surface area contributed by atoms with Gasteiger partial charge in [0.05, 0.1) is 11.0 Å². The van der Waals surface area contributed by atoms with Crippen LogP contribution < -0.4 is 0 Å². The third kappa shape index (κ3) is 6.64. The molecular formula is C20H31N3. The van der Waals surface area contributed by atoms with Crippen LogP contribution in [0.2, 0.25) is 0 Å². The van der Waals surface area contributed by atoms with Gasteiger partial charge in [-0.25, -0.2) is 4.98 Å². The van der Waals surface area contributed by atoms with E-state index < -0.39 is 0 Å². The number of pyridine rings is 1. The largest absolute Gasteiger partial charge is 0.329 e.